The van der Waals surface area contributed by atoms with Crippen LogP contribution in [0.5, 0.6) is 0 Å². The van der Waals surface area contributed by atoms with Gasteiger partial charge in [0.25, 0.3) is 0 Å². The molecule has 1 heterocycles. The summed E-state index contributed by atoms with van der Waals surface area (Å²) in [6.07, 6.45) is 0. The number of rotatable bonds is 5. The number of hydrazone groups is 1. The van der Waals surface area contributed by atoms with Crippen molar-refractivity contribution in [3.63, 3.8) is 0 Å². The summed E-state index contributed by atoms with van der Waals surface area (Å²) in [6.45, 7) is 5.31. The highest BCUT2D eigenvalue weighted by atomic mass is 32.1. The van der Waals surface area contributed by atoms with Crippen molar-refractivity contribution in [2.75, 3.05) is 31.6 Å². The second-order valence-electron chi connectivity index (χ2n) is 6.41. The first kappa shape index (κ1) is 19.4. The van der Waals surface area contributed by atoms with E-state index >= 15 is 0 Å². The van der Waals surface area contributed by atoms with Gasteiger partial charge in [-0.15, -0.1) is 0 Å². The van der Waals surface area contributed by atoms with Crippen LogP contribution in [0, 0.1) is 5.82 Å². The monoisotopic (exact) mass is 387 g/mol. The van der Waals surface area contributed by atoms with Gasteiger partial charge in [0.1, 0.15) is 18.9 Å². The second-order valence-corrected chi connectivity index (χ2v) is 6.82. The highest BCUT2D eigenvalue weighted by molar-refractivity contribution is 7.80. The molecule has 5 nitrogen and oxygen atoms in total. The van der Waals surface area contributed by atoms with E-state index in [9.17, 15) is 4.39 Å². The normalized spacial score (nSPS) is 16.6. The molecule has 3 N–H and O–H groups in total. The first-order chi connectivity index (χ1) is 13.1. The topological polar surface area (TPSA) is 50.1 Å². The average Bonchev–Trinajstić information content (AvgIpc) is 2.70. The summed E-state index contributed by atoms with van der Waals surface area (Å²) in [7, 11) is 0. The van der Waals surface area contributed by atoms with Gasteiger partial charge in [0.2, 0.25) is 0 Å². The number of quaternary nitrogens is 1. The van der Waals surface area contributed by atoms with Crippen molar-refractivity contribution in [2.45, 2.75) is 13.0 Å². The Bertz CT molecular complexity index is 794. The Hall–Kier alpha value is -2.35. The quantitative estimate of drug-likeness (QED) is 0.418. The third kappa shape index (κ3) is 5.32. The number of para-hydroxylation sites is 1. The van der Waals surface area contributed by atoms with E-state index in [1.807, 2.05) is 25.1 Å². The standard InChI is InChI=1S/C20H23FN4OS/c1-15(23-24-20(27)22-18-10-6-5-9-17(18)21)19(16-7-3-2-4-8-16)25-11-13-26-14-12-25/h2-10,19H,11-14H2,1H3,(H2,22,24,27)/p+1/b23-15-/t19-/m0/s1. The molecule has 0 saturated carbocycles. The first-order valence-corrected chi connectivity index (χ1v) is 9.39. The number of anilines is 1. The van der Waals surface area contributed by atoms with Crippen molar-refractivity contribution in [3.8, 4) is 0 Å². The van der Waals surface area contributed by atoms with E-state index < -0.39 is 0 Å². The Morgan fingerprint density at radius 2 is 1.78 bits per heavy atom. The van der Waals surface area contributed by atoms with E-state index in [2.05, 4.69) is 28.0 Å². The molecule has 0 bridgehead atoms. The van der Waals surface area contributed by atoms with Crippen molar-refractivity contribution in [3.05, 3.63) is 66.0 Å². The fourth-order valence-electron chi connectivity index (χ4n) is 3.26. The van der Waals surface area contributed by atoms with Gasteiger partial charge < -0.3 is 15.0 Å². The molecule has 0 unspecified atom stereocenters. The smallest absolute Gasteiger partial charge is 0.191 e. The molecule has 1 fully saturated rings. The van der Waals surface area contributed by atoms with Crippen LogP contribution in [0.4, 0.5) is 10.1 Å². The Labute approximate surface area is 164 Å². The van der Waals surface area contributed by atoms with E-state index in [1.54, 1.807) is 18.2 Å². The molecule has 27 heavy (non-hydrogen) atoms. The van der Waals surface area contributed by atoms with Crippen molar-refractivity contribution in [2.24, 2.45) is 5.10 Å². The van der Waals surface area contributed by atoms with Gasteiger partial charge >= 0.3 is 0 Å². The number of nitrogens with one attached hydrogen (secondary N) is 3. The number of ether oxygens (including phenoxy) is 1. The van der Waals surface area contributed by atoms with E-state index in [1.165, 1.54) is 16.5 Å². The summed E-state index contributed by atoms with van der Waals surface area (Å²) in [4.78, 5) is 1.41. The molecular formula is C20H24FN4OS+. The van der Waals surface area contributed by atoms with E-state index in [0.717, 1.165) is 32.0 Å². The van der Waals surface area contributed by atoms with Gasteiger partial charge in [0.15, 0.2) is 11.2 Å². The predicted octanol–water partition coefficient (Wildman–Crippen LogP) is 2.14. The summed E-state index contributed by atoms with van der Waals surface area (Å²) in [6, 6.07) is 16.8. The number of nitrogens with zero attached hydrogens (tertiary/aromatic N) is 1. The number of halogens is 1. The lowest BCUT2D eigenvalue weighted by molar-refractivity contribution is -0.928. The van der Waals surface area contributed by atoms with Crippen LogP contribution in [0.2, 0.25) is 0 Å². The van der Waals surface area contributed by atoms with Crippen molar-refractivity contribution in [1.29, 1.82) is 0 Å². The molecule has 142 valence electrons. The van der Waals surface area contributed by atoms with Gasteiger partial charge in [-0.2, -0.15) is 5.10 Å². The van der Waals surface area contributed by atoms with Crippen LogP contribution in [0.25, 0.3) is 0 Å². The zero-order chi connectivity index (χ0) is 19.1. The van der Waals surface area contributed by atoms with E-state index in [4.69, 9.17) is 17.0 Å². The van der Waals surface area contributed by atoms with E-state index in [-0.39, 0.29) is 17.0 Å². The average molecular weight is 388 g/mol. The third-order valence-corrected chi connectivity index (χ3v) is 4.74. The summed E-state index contributed by atoms with van der Waals surface area (Å²) in [5.74, 6) is -0.359. The minimum Gasteiger partial charge on any atom is -0.370 e. The SMILES string of the molecule is C/C(=N/NC(=S)Nc1ccccc1F)[C@@H](c1ccccc1)[NH+]1CCOCC1. The number of morpholine rings is 1. The van der Waals surface area contributed by atoms with Crippen LogP contribution >= 0.6 is 12.2 Å². The molecule has 1 aliphatic rings. The zero-order valence-electron chi connectivity index (χ0n) is 15.2. The molecule has 0 amide bonds. The predicted molar refractivity (Wildman–Crippen MR) is 110 cm³/mol. The highest BCUT2D eigenvalue weighted by Gasteiger charge is 2.29. The van der Waals surface area contributed by atoms with Gasteiger partial charge in [-0.25, -0.2) is 4.39 Å². The van der Waals surface area contributed by atoms with Gasteiger partial charge in [-0.05, 0) is 31.3 Å². The lowest BCUT2D eigenvalue weighted by Gasteiger charge is -2.31. The molecule has 1 atom stereocenters. The molecule has 0 spiro atoms. The largest absolute Gasteiger partial charge is 0.370 e. The van der Waals surface area contributed by atoms with E-state index in [0.29, 0.717) is 5.69 Å². The van der Waals surface area contributed by atoms with Crippen molar-refractivity contribution in [1.82, 2.24) is 5.43 Å². The summed E-state index contributed by atoms with van der Waals surface area (Å²) >= 11 is 5.25. The minimum atomic E-state index is -0.359. The second kappa shape index (κ2) is 9.55. The third-order valence-electron chi connectivity index (χ3n) is 4.55. The number of thiocarbonyl (C=S) groups is 1. The van der Waals surface area contributed by atoms with Crippen LogP contribution < -0.4 is 15.6 Å². The molecule has 2 aromatic rings. The first-order valence-electron chi connectivity index (χ1n) is 8.98. The van der Waals surface area contributed by atoms with Crippen molar-refractivity contribution < 1.29 is 14.0 Å². The number of hydrogen-bond donors (Lipinski definition) is 3. The molecular weight excluding hydrogens is 363 g/mol. The van der Waals surface area contributed by atoms with Gasteiger partial charge in [0, 0.05) is 5.56 Å². The van der Waals surface area contributed by atoms with Gasteiger partial charge in [-0.3, -0.25) is 5.43 Å². The molecule has 0 aromatic heterocycles. The number of benzene rings is 2. The van der Waals surface area contributed by atoms with Crippen molar-refractivity contribution >= 4 is 28.7 Å². The Kier molecular flexibility index (Phi) is 6.86. The molecule has 0 aliphatic carbocycles. The molecule has 3 rings (SSSR count). The van der Waals surface area contributed by atoms with Gasteiger partial charge in [-0.1, -0.05) is 42.5 Å². The molecule has 2 aromatic carbocycles. The lowest BCUT2D eigenvalue weighted by atomic mass is 10.0. The fraction of sp³-hybridized carbons (Fsp3) is 0.300. The minimum absolute atomic E-state index is 0.110. The van der Waals surface area contributed by atoms with Crippen LogP contribution in [0.1, 0.15) is 18.5 Å². The van der Waals surface area contributed by atoms with Crippen LogP contribution in [0.3, 0.4) is 0 Å². The maximum atomic E-state index is 13.7. The van der Waals surface area contributed by atoms with Crippen LogP contribution in [-0.4, -0.2) is 37.1 Å². The highest BCUT2D eigenvalue weighted by Crippen LogP contribution is 2.13. The van der Waals surface area contributed by atoms with Gasteiger partial charge in [0.05, 0.1) is 24.6 Å². The Morgan fingerprint density at radius 1 is 1.11 bits per heavy atom. The summed E-state index contributed by atoms with van der Waals surface area (Å²) in [5, 5.41) is 7.57. The fourth-order valence-corrected chi connectivity index (χ4v) is 3.41. The van der Waals surface area contributed by atoms with Crippen LogP contribution in [0.15, 0.2) is 59.7 Å². The molecule has 0 radical (unpaired) electrons. The number of hydrogen-bond acceptors (Lipinski definition) is 3. The van der Waals surface area contributed by atoms with Crippen LogP contribution in [-0.2, 0) is 4.74 Å². The lowest BCUT2D eigenvalue weighted by Crippen LogP contribution is -3.15. The molecule has 1 saturated heterocycles. The molecule has 1 aliphatic heterocycles. The summed E-state index contributed by atoms with van der Waals surface area (Å²) in [5.41, 5.74) is 5.28. The molecule has 7 heteroatoms. The maximum Gasteiger partial charge on any atom is 0.191 e. The Morgan fingerprint density at radius 3 is 2.48 bits per heavy atom. The zero-order valence-corrected chi connectivity index (χ0v) is 16.1. The Balaban J connectivity index is 1.72. The maximum absolute atomic E-state index is 13.7. The summed E-state index contributed by atoms with van der Waals surface area (Å²) < 4.78 is 19.2.